The summed E-state index contributed by atoms with van der Waals surface area (Å²) >= 11 is 0. The molecule has 1 aromatic heterocycles. The topological polar surface area (TPSA) is 49.8 Å². The molecule has 31 heavy (non-hydrogen) atoms. The van der Waals surface area contributed by atoms with Gasteiger partial charge in [-0.2, -0.15) is 0 Å². The lowest BCUT2D eigenvalue weighted by Gasteiger charge is -2.31. The van der Waals surface area contributed by atoms with Gasteiger partial charge in [0.25, 0.3) is 0 Å². The number of rotatable bonds is 5. The molecule has 1 aliphatic carbocycles. The van der Waals surface area contributed by atoms with Crippen molar-refractivity contribution in [2.24, 2.45) is 4.99 Å². The van der Waals surface area contributed by atoms with E-state index in [9.17, 15) is 0 Å². The molecule has 1 aliphatic heterocycles. The molecule has 2 heterocycles. The highest BCUT2D eigenvalue weighted by atomic mass is 16.5. The van der Waals surface area contributed by atoms with Crippen LogP contribution in [0, 0.1) is 6.92 Å². The van der Waals surface area contributed by atoms with Crippen LogP contribution in [-0.2, 0) is 0 Å². The van der Waals surface area contributed by atoms with Gasteiger partial charge in [0.05, 0.1) is 6.04 Å². The molecule has 5 nitrogen and oxygen atoms in total. The molecule has 5 heteroatoms. The van der Waals surface area contributed by atoms with E-state index >= 15 is 0 Å². The maximum absolute atomic E-state index is 6.47. The van der Waals surface area contributed by atoms with Gasteiger partial charge in [0, 0.05) is 48.5 Å². The summed E-state index contributed by atoms with van der Waals surface area (Å²) < 4.78 is 6.47. The van der Waals surface area contributed by atoms with Crippen molar-refractivity contribution in [1.82, 2.24) is 4.98 Å². The SMILES string of the molecule is CCN(CC)c1cc(C)c2c(c1)OC1=CC(Nc3ccncc3)c3ccccc3C1=N2. The average molecular weight is 411 g/mol. The molecule has 3 aromatic rings. The van der Waals surface area contributed by atoms with Crippen LogP contribution in [0.25, 0.3) is 0 Å². The first-order valence-corrected chi connectivity index (χ1v) is 10.8. The molecule has 0 radical (unpaired) electrons. The molecule has 0 amide bonds. The van der Waals surface area contributed by atoms with Crippen molar-refractivity contribution in [1.29, 1.82) is 0 Å². The van der Waals surface area contributed by atoms with Crippen molar-refractivity contribution in [3.8, 4) is 5.75 Å². The van der Waals surface area contributed by atoms with Crippen LogP contribution in [0.15, 0.2) is 77.8 Å². The summed E-state index contributed by atoms with van der Waals surface area (Å²) in [7, 11) is 0. The molecule has 0 spiro atoms. The Hall–Kier alpha value is -3.60. The first-order chi connectivity index (χ1) is 15.2. The van der Waals surface area contributed by atoms with Gasteiger partial charge in [0.1, 0.15) is 11.4 Å². The molecule has 1 unspecified atom stereocenters. The number of nitrogens with one attached hydrogen (secondary N) is 1. The van der Waals surface area contributed by atoms with Crippen molar-refractivity contribution >= 4 is 22.8 Å². The monoisotopic (exact) mass is 410 g/mol. The summed E-state index contributed by atoms with van der Waals surface area (Å²) in [6.45, 7) is 8.36. The Balaban J connectivity index is 1.60. The number of aryl methyl sites for hydroxylation is 1. The van der Waals surface area contributed by atoms with Crippen LogP contribution in [0.4, 0.5) is 17.1 Å². The van der Waals surface area contributed by atoms with Crippen molar-refractivity contribution < 1.29 is 4.74 Å². The molecule has 0 fully saturated rings. The zero-order chi connectivity index (χ0) is 21.4. The summed E-state index contributed by atoms with van der Waals surface area (Å²) in [4.78, 5) is 11.5. The molecule has 1 N–H and O–H groups in total. The molecular formula is C26H26N4O. The third-order valence-electron chi connectivity index (χ3n) is 5.93. The van der Waals surface area contributed by atoms with Gasteiger partial charge in [0.2, 0.25) is 0 Å². The lowest BCUT2D eigenvalue weighted by Crippen LogP contribution is -2.26. The first-order valence-electron chi connectivity index (χ1n) is 10.8. The predicted molar refractivity (Wildman–Crippen MR) is 127 cm³/mol. The van der Waals surface area contributed by atoms with Gasteiger partial charge < -0.3 is 15.0 Å². The van der Waals surface area contributed by atoms with E-state index in [0.29, 0.717) is 0 Å². The third-order valence-corrected chi connectivity index (χ3v) is 5.93. The van der Waals surface area contributed by atoms with Gasteiger partial charge in [-0.25, -0.2) is 4.99 Å². The molecule has 2 aromatic carbocycles. The predicted octanol–water partition coefficient (Wildman–Crippen LogP) is 5.80. The van der Waals surface area contributed by atoms with E-state index in [4.69, 9.17) is 9.73 Å². The molecule has 0 bridgehead atoms. The van der Waals surface area contributed by atoms with E-state index in [2.05, 4.69) is 78.4 Å². The largest absolute Gasteiger partial charge is 0.453 e. The average Bonchev–Trinajstić information content (AvgIpc) is 2.80. The van der Waals surface area contributed by atoms with Crippen LogP contribution < -0.4 is 15.0 Å². The van der Waals surface area contributed by atoms with Gasteiger partial charge in [-0.3, -0.25) is 4.98 Å². The van der Waals surface area contributed by atoms with Crippen molar-refractivity contribution in [2.45, 2.75) is 26.8 Å². The molecule has 1 atom stereocenters. The van der Waals surface area contributed by atoms with Crippen molar-refractivity contribution in [2.75, 3.05) is 23.3 Å². The van der Waals surface area contributed by atoms with E-state index in [1.54, 1.807) is 12.4 Å². The van der Waals surface area contributed by atoms with E-state index in [-0.39, 0.29) is 6.04 Å². The quantitative estimate of drug-likeness (QED) is 0.577. The van der Waals surface area contributed by atoms with Gasteiger partial charge in [-0.05, 0) is 56.2 Å². The van der Waals surface area contributed by atoms with Crippen molar-refractivity contribution in [3.63, 3.8) is 0 Å². The third kappa shape index (κ3) is 3.46. The summed E-state index contributed by atoms with van der Waals surface area (Å²) in [6.07, 6.45) is 5.72. The molecule has 5 rings (SSSR count). The smallest absolute Gasteiger partial charge is 0.155 e. The van der Waals surface area contributed by atoms with Gasteiger partial charge in [-0.1, -0.05) is 24.3 Å². The number of fused-ring (bicyclic) bond motifs is 4. The number of ether oxygens (including phenoxy) is 1. The van der Waals surface area contributed by atoms with Crippen LogP contribution in [0.3, 0.4) is 0 Å². The second-order valence-corrected chi connectivity index (χ2v) is 7.82. The molecule has 156 valence electrons. The summed E-state index contributed by atoms with van der Waals surface area (Å²) in [5.41, 5.74) is 7.41. The maximum atomic E-state index is 6.47. The van der Waals surface area contributed by atoms with Crippen molar-refractivity contribution in [3.05, 3.63) is 89.5 Å². The Kier molecular flexibility index (Phi) is 4.94. The molecular weight excluding hydrogens is 384 g/mol. The lowest BCUT2D eigenvalue weighted by atomic mass is 9.89. The fourth-order valence-electron chi connectivity index (χ4n) is 4.33. The van der Waals surface area contributed by atoms with E-state index in [1.807, 2.05) is 12.1 Å². The number of aromatic nitrogens is 1. The standard InChI is InChI=1S/C26H26N4O/c1-4-30(5-2)19-14-17(3)25-23(15-19)31-24-16-22(28-18-10-12-27-13-11-18)20-8-6-7-9-21(20)26(24)29-25/h6-16,22H,4-5H2,1-3H3,(H,27,28). The number of hydrogen-bond acceptors (Lipinski definition) is 5. The number of aliphatic imine (C=N–C) groups is 1. The molecule has 0 saturated heterocycles. The first kappa shape index (κ1) is 19.4. The van der Waals surface area contributed by atoms with Crippen LogP contribution >= 0.6 is 0 Å². The number of anilines is 2. The normalized spacial score (nSPS) is 16.2. The minimum Gasteiger partial charge on any atom is -0.453 e. The van der Waals surface area contributed by atoms with Crippen LogP contribution in [0.2, 0.25) is 0 Å². The van der Waals surface area contributed by atoms with E-state index in [0.717, 1.165) is 52.8 Å². The minimum atomic E-state index is -0.0128. The van der Waals surface area contributed by atoms with Crippen LogP contribution in [-0.4, -0.2) is 23.8 Å². The fraction of sp³-hybridized carbons (Fsp3) is 0.231. The number of hydrogen-bond donors (Lipinski definition) is 1. The van der Waals surface area contributed by atoms with Gasteiger partial charge in [-0.15, -0.1) is 0 Å². The Bertz CT molecular complexity index is 1180. The van der Waals surface area contributed by atoms with Gasteiger partial charge in [0.15, 0.2) is 11.5 Å². The fourth-order valence-corrected chi connectivity index (χ4v) is 4.33. The zero-order valence-corrected chi connectivity index (χ0v) is 18.1. The van der Waals surface area contributed by atoms with Crippen LogP contribution in [0.1, 0.15) is 36.6 Å². The summed E-state index contributed by atoms with van der Waals surface area (Å²) in [5.74, 6) is 1.62. The Morgan fingerprint density at radius 3 is 2.58 bits per heavy atom. The zero-order valence-electron chi connectivity index (χ0n) is 18.1. The highest BCUT2D eigenvalue weighted by Crippen LogP contribution is 2.43. The summed E-state index contributed by atoms with van der Waals surface area (Å²) in [6, 6.07) is 16.6. The Labute approximate surface area is 183 Å². The lowest BCUT2D eigenvalue weighted by molar-refractivity contribution is 0.444. The van der Waals surface area contributed by atoms with Gasteiger partial charge >= 0.3 is 0 Å². The highest BCUT2D eigenvalue weighted by molar-refractivity contribution is 6.16. The van der Waals surface area contributed by atoms with E-state index < -0.39 is 0 Å². The minimum absolute atomic E-state index is 0.0128. The molecule has 2 aliphatic rings. The number of pyridine rings is 1. The second-order valence-electron chi connectivity index (χ2n) is 7.82. The Morgan fingerprint density at radius 1 is 1.03 bits per heavy atom. The summed E-state index contributed by atoms with van der Waals surface area (Å²) in [5, 5.41) is 3.59. The number of allylic oxidation sites excluding steroid dienone is 1. The highest BCUT2D eigenvalue weighted by Gasteiger charge is 2.30. The van der Waals surface area contributed by atoms with E-state index in [1.165, 1.54) is 11.3 Å². The maximum Gasteiger partial charge on any atom is 0.155 e. The second kappa shape index (κ2) is 7.91. The Morgan fingerprint density at radius 2 is 1.81 bits per heavy atom. The number of nitrogens with zero attached hydrogens (tertiary/aromatic N) is 3. The number of benzene rings is 2. The van der Waals surface area contributed by atoms with Crippen LogP contribution in [0.5, 0.6) is 5.75 Å². The molecule has 0 saturated carbocycles.